The maximum Gasteiger partial charge on any atom is 0.132 e. The van der Waals surface area contributed by atoms with Crippen LogP contribution in [0.1, 0.15) is 5.82 Å². The van der Waals surface area contributed by atoms with Gasteiger partial charge in [0.1, 0.15) is 11.6 Å². The molecule has 0 amide bonds. The van der Waals surface area contributed by atoms with Crippen molar-refractivity contribution >= 4 is 0 Å². The maximum absolute atomic E-state index is 13.7. The van der Waals surface area contributed by atoms with Crippen molar-refractivity contribution in [2.24, 2.45) is 5.73 Å². The highest BCUT2D eigenvalue weighted by Gasteiger charge is 2.41. The molecule has 0 bridgehead atoms. The summed E-state index contributed by atoms with van der Waals surface area (Å²) in [6.07, 6.45) is 1.64. The maximum atomic E-state index is 13.7. The number of nitrogens with one attached hydrogen (secondary N) is 1. The van der Waals surface area contributed by atoms with E-state index >= 15 is 0 Å². The Hall–Kier alpha value is -1.72. The molecule has 1 aromatic heterocycles. The molecule has 4 nitrogen and oxygen atoms in total. The molecule has 0 atom stereocenters. The van der Waals surface area contributed by atoms with Gasteiger partial charge in [0, 0.05) is 12.1 Å². The lowest BCUT2D eigenvalue weighted by Gasteiger charge is -2.38. The smallest absolute Gasteiger partial charge is 0.132 e. The number of halogens is 1. The molecule has 1 saturated heterocycles. The average molecular weight is 247 g/mol. The Balaban J connectivity index is 1.97. The van der Waals surface area contributed by atoms with Gasteiger partial charge in [0.05, 0.1) is 30.5 Å². The average Bonchev–Trinajstić information content (AvgIpc) is 2.79. The van der Waals surface area contributed by atoms with Crippen molar-refractivity contribution in [1.82, 2.24) is 9.97 Å². The van der Waals surface area contributed by atoms with Crippen LogP contribution >= 0.6 is 0 Å². The van der Waals surface area contributed by atoms with Crippen LogP contribution in [0.5, 0.6) is 0 Å². The van der Waals surface area contributed by atoms with Crippen molar-refractivity contribution in [3.05, 3.63) is 42.1 Å². The Kier molecular flexibility index (Phi) is 2.65. The molecule has 1 aliphatic heterocycles. The molecule has 0 aliphatic carbocycles. The van der Waals surface area contributed by atoms with Gasteiger partial charge in [-0.15, -0.1) is 0 Å². The summed E-state index contributed by atoms with van der Waals surface area (Å²) in [4.78, 5) is 7.47. The minimum atomic E-state index is -0.264. The fourth-order valence-electron chi connectivity index (χ4n) is 2.11. The summed E-state index contributed by atoms with van der Waals surface area (Å²) < 4.78 is 18.9. The molecular formula is C13H14FN3O. The minimum absolute atomic E-state index is 0.233. The molecular weight excluding hydrogens is 233 g/mol. The number of aromatic amines is 1. The highest BCUT2D eigenvalue weighted by Crippen LogP contribution is 2.31. The number of benzene rings is 1. The number of H-pyrrole nitrogens is 1. The molecule has 1 aromatic carbocycles. The Labute approximate surface area is 104 Å². The Morgan fingerprint density at radius 3 is 2.78 bits per heavy atom. The first-order valence-electron chi connectivity index (χ1n) is 5.83. The molecule has 1 fully saturated rings. The Bertz CT molecular complexity index is 557. The summed E-state index contributed by atoms with van der Waals surface area (Å²) in [5, 5.41) is 0. The predicted octanol–water partition coefficient (Wildman–Crippen LogP) is 1.44. The van der Waals surface area contributed by atoms with Gasteiger partial charge in [0.25, 0.3) is 0 Å². The second-order valence-electron chi connectivity index (χ2n) is 4.60. The van der Waals surface area contributed by atoms with E-state index in [1.807, 2.05) is 0 Å². The van der Waals surface area contributed by atoms with Gasteiger partial charge in [-0.1, -0.05) is 12.1 Å². The molecule has 2 heterocycles. The van der Waals surface area contributed by atoms with Crippen molar-refractivity contribution in [2.75, 3.05) is 19.8 Å². The SMILES string of the molecule is NCC1(c2ncc(-c3ccccc3F)[nH]2)COC1. The van der Waals surface area contributed by atoms with E-state index in [9.17, 15) is 4.39 Å². The van der Waals surface area contributed by atoms with E-state index in [0.717, 1.165) is 5.82 Å². The number of nitrogens with zero attached hydrogens (tertiary/aromatic N) is 1. The van der Waals surface area contributed by atoms with Crippen LogP contribution in [0.15, 0.2) is 30.5 Å². The number of hydrogen-bond acceptors (Lipinski definition) is 3. The fourth-order valence-corrected chi connectivity index (χ4v) is 2.11. The highest BCUT2D eigenvalue weighted by molar-refractivity contribution is 5.59. The molecule has 0 spiro atoms. The number of nitrogens with two attached hydrogens (primary N) is 1. The summed E-state index contributed by atoms with van der Waals surface area (Å²) in [6, 6.07) is 6.61. The Morgan fingerprint density at radius 1 is 1.39 bits per heavy atom. The summed E-state index contributed by atoms with van der Waals surface area (Å²) >= 11 is 0. The van der Waals surface area contributed by atoms with Crippen LogP contribution in [0.3, 0.4) is 0 Å². The fraction of sp³-hybridized carbons (Fsp3) is 0.308. The first kappa shape index (κ1) is 11.4. The van der Waals surface area contributed by atoms with Gasteiger partial charge in [-0.25, -0.2) is 9.37 Å². The van der Waals surface area contributed by atoms with Crippen LogP contribution in [-0.4, -0.2) is 29.7 Å². The molecule has 3 rings (SSSR count). The lowest BCUT2D eigenvalue weighted by molar-refractivity contribution is -0.0589. The summed E-state index contributed by atoms with van der Waals surface area (Å²) in [5.41, 5.74) is 6.72. The molecule has 0 saturated carbocycles. The van der Waals surface area contributed by atoms with Crippen LogP contribution in [0.2, 0.25) is 0 Å². The summed E-state index contributed by atoms with van der Waals surface area (Å²) in [7, 11) is 0. The van der Waals surface area contributed by atoms with E-state index in [1.165, 1.54) is 6.07 Å². The normalized spacial score (nSPS) is 17.4. The van der Waals surface area contributed by atoms with E-state index in [2.05, 4.69) is 9.97 Å². The second kappa shape index (κ2) is 4.19. The molecule has 94 valence electrons. The molecule has 2 aromatic rings. The zero-order valence-electron chi connectivity index (χ0n) is 9.82. The van der Waals surface area contributed by atoms with Crippen LogP contribution in [-0.2, 0) is 10.2 Å². The van der Waals surface area contributed by atoms with Gasteiger partial charge in [0.2, 0.25) is 0 Å². The van der Waals surface area contributed by atoms with Gasteiger partial charge in [-0.2, -0.15) is 0 Å². The number of hydrogen-bond donors (Lipinski definition) is 2. The third-order valence-electron chi connectivity index (χ3n) is 3.39. The van der Waals surface area contributed by atoms with Crippen molar-refractivity contribution in [3.8, 4) is 11.3 Å². The first-order chi connectivity index (χ1) is 8.75. The van der Waals surface area contributed by atoms with Crippen molar-refractivity contribution < 1.29 is 9.13 Å². The van der Waals surface area contributed by atoms with Gasteiger partial charge >= 0.3 is 0 Å². The minimum Gasteiger partial charge on any atom is -0.379 e. The largest absolute Gasteiger partial charge is 0.379 e. The lowest BCUT2D eigenvalue weighted by atomic mass is 9.85. The van der Waals surface area contributed by atoms with Gasteiger partial charge in [-0.05, 0) is 12.1 Å². The lowest BCUT2D eigenvalue weighted by Crippen LogP contribution is -2.52. The van der Waals surface area contributed by atoms with Gasteiger partial charge in [-0.3, -0.25) is 0 Å². The van der Waals surface area contributed by atoms with E-state index in [1.54, 1.807) is 24.4 Å². The van der Waals surface area contributed by atoms with Crippen molar-refractivity contribution in [2.45, 2.75) is 5.41 Å². The second-order valence-corrected chi connectivity index (χ2v) is 4.60. The monoisotopic (exact) mass is 247 g/mol. The molecule has 3 N–H and O–H groups in total. The summed E-state index contributed by atoms with van der Waals surface area (Å²) in [6.45, 7) is 1.60. The summed E-state index contributed by atoms with van der Waals surface area (Å²) in [5.74, 6) is 0.508. The van der Waals surface area contributed by atoms with E-state index in [-0.39, 0.29) is 11.2 Å². The third kappa shape index (κ3) is 1.63. The number of ether oxygens (including phenoxy) is 1. The number of imidazole rings is 1. The predicted molar refractivity (Wildman–Crippen MR) is 65.5 cm³/mol. The Morgan fingerprint density at radius 2 is 2.17 bits per heavy atom. The highest BCUT2D eigenvalue weighted by atomic mass is 19.1. The van der Waals surface area contributed by atoms with Crippen LogP contribution < -0.4 is 5.73 Å². The van der Waals surface area contributed by atoms with Gasteiger partial charge in [0.15, 0.2) is 0 Å². The molecule has 5 heteroatoms. The topological polar surface area (TPSA) is 63.9 Å². The number of rotatable bonds is 3. The number of aromatic nitrogens is 2. The molecule has 18 heavy (non-hydrogen) atoms. The first-order valence-corrected chi connectivity index (χ1v) is 5.83. The zero-order valence-corrected chi connectivity index (χ0v) is 9.82. The van der Waals surface area contributed by atoms with Crippen LogP contribution in [0, 0.1) is 5.82 Å². The molecule has 0 unspecified atom stereocenters. The third-order valence-corrected chi connectivity index (χ3v) is 3.39. The standard InChI is InChI=1S/C13H14FN3O/c14-10-4-2-1-3-9(10)11-5-16-12(17-11)13(6-15)7-18-8-13/h1-5H,6-8,15H2,(H,16,17). The van der Waals surface area contributed by atoms with Crippen LogP contribution in [0.25, 0.3) is 11.3 Å². The van der Waals surface area contributed by atoms with Crippen LogP contribution in [0.4, 0.5) is 4.39 Å². The van der Waals surface area contributed by atoms with Gasteiger partial charge < -0.3 is 15.5 Å². The van der Waals surface area contributed by atoms with Crippen molar-refractivity contribution in [3.63, 3.8) is 0 Å². The quantitative estimate of drug-likeness (QED) is 0.862. The van der Waals surface area contributed by atoms with E-state index in [4.69, 9.17) is 10.5 Å². The van der Waals surface area contributed by atoms with E-state index in [0.29, 0.717) is 31.0 Å². The van der Waals surface area contributed by atoms with E-state index < -0.39 is 0 Å². The molecule has 1 aliphatic rings. The van der Waals surface area contributed by atoms with Crippen molar-refractivity contribution in [1.29, 1.82) is 0 Å². The molecule has 0 radical (unpaired) electrons. The zero-order chi connectivity index (χ0) is 12.6.